The Kier molecular flexibility index (Phi) is 5.48. The summed E-state index contributed by atoms with van der Waals surface area (Å²) in [6, 6.07) is 13.5. The number of aliphatic hydroxyl groups excluding tert-OH is 2. The highest BCUT2D eigenvalue weighted by Gasteiger charge is 2.46. The average Bonchev–Trinajstić information content (AvgIpc) is 2.87. The first kappa shape index (κ1) is 19.3. The van der Waals surface area contributed by atoms with Gasteiger partial charge in [0.15, 0.2) is 0 Å². The predicted octanol–water partition coefficient (Wildman–Crippen LogP) is 3.56. The molecular weight excluding hydrogens is 410 g/mol. The lowest BCUT2D eigenvalue weighted by molar-refractivity contribution is -0.140. The minimum absolute atomic E-state index is 0.00399. The van der Waals surface area contributed by atoms with Crippen LogP contribution in [0.1, 0.15) is 29.7 Å². The van der Waals surface area contributed by atoms with Crippen LogP contribution in [0.15, 0.2) is 58.6 Å². The Hall–Kier alpha value is -2.44. The maximum Gasteiger partial charge on any atom is 0.295 e. The molecule has 0 aliphatic carbocycles. The van der Waals surface area contributed by atoms with E-state index in [1.165, 1.54) is 4.90 Å². The highest BCUT2D eigenvalue weighted by atomic mass is 79.9. The van der Waals surface area contributed by atoms with Crippen LogP contribution in [0.25, 0.3) is 5.76 Å². The van der Waals surface area contributed by atoms with E-state index in [9.17, 15) is 19.8 Å². The number of nitrogens with zero attached hydrogens (tertiary/aromatic N) is 1. The van der Waals surface area contributed by atoms with Crippen LogP contribution in [0.4, 0.5) is 0 Å². The lowest BCUT2D eigenvalue weighted by Gasteiger charge is -2.26. The molecule has 0 radical (unpaired) electrons. The fourth-order valence-corrected chi connectivity index (χ4v) is 3.48. The second-order valence-electron chi connectivity index (χ2n) is 6.72. The number of likely N-dealkylation sites (tertiary alicyclic amines) is 1. The molecule has 0 bridgehead atoms. The van der Waals surface area contributed by atoms with E-state index in [1.54, 1.807) is 31.2 Å². The summed E-state index contributed by atoms with van der Waals surface area (Å²) in [5.41, 5.74) is 2.21. The number of aliphatic hydroxyl groups is 2. The van der Waals surface area contributed by atoms with Gasteiger partial charge >= 0.3 is 0 Å². The molecule has 0 aromatic heterocycles. The summed E-state index contributed by atoms with van der Waals surface area (Å²) in [5.74, 6) is -1.69. The number of halogens is 1. The molecule has 1 saturated heterocycles. The zero-order chi connectivity index (χ0) is 19.7. The number of β-amino-alcohol motifs (C(OH)–C–C–N with tert-alkyl or cyclic N) is 1. The van der Waals surface area contributed by atoms with Gasteiger partial charge in [0.05, 0.1) is 17.7 Å². The Morgan fingerprint density at radius 2 is 1.70 bits per heavy atom. The molecule has 1 aliphatic rings. The number of rotatable bonds is 4. The summed E-state index contributed by atoms with van der Waals surface area (Å²) < 4.78 is 0.859. The largest absolute Gasteiger partial charge is 0.507 e. The van der Waals surface area contributed by atoms with Crippen LogP contribution in [0.3, 0.4) is 0 Å². The molecule has 1 amide bonds. The molecule has 0 saturated carbocycles. The van der Waals surface area contributed by atoms with Crippen molar-refractivity contribution >= 4 is 33.4 Å². The van der Waals surface area contributed by atoms with Gasteiger partial charge in [0.2, 0.25) is 0 Å². The van der Waals surface area contributed by atoms with Gasteiger partial charge in [-0.3, -0.25) is 9.59 Å². The van der Waals surface area contributed by atoms with Crippen molar-refractivity contribution in [1.29, 1.82) is 0 Å². The van der Waals surface area contributed by atoms with Gasteiger partial charge in [-0.25, -0.2) is 0 Å². The molecule has 1 aliphatic heterocycles. The molecule has 0 unspecified atom stereocenters. The highest BCUT2D eigenvalue weighted by molar-refractivity contribution is 9.10. The van der Waals surface area contributed by atoms with E-state index < -0.39 is 23.8 Å². The molecule has 0 spiro atoms. The number of hydrogen-bond acceptors (Lipinski definition) is 4. The van der Waals surface area contributed by atoms with Crippen molar-refractivity contribution in [3.63, 3.8) is 0 Å². The molecular formula is C21H20BrNO4. The van der Waals surface area contributed by atoms with Gasteiger partial charge in [-0.05, 0) is 31.5 Å². The SMILES string of the molecule is Cc1ccc(C(O)=C2C(=O)C(=O)N(C[C@H](C)O)[C@H]2c2ccc(Br)cc2)cc1. The van der Waals surface area contributed by atoms with E-state index in [4.69, 9.17) is 0 Å². The van der Waals surface area contributed by atoms with Crippen LogP contribution in [-0.4, -0.2) is 39.5 Å². The predicted molar refractivity (Wildman–Crippen MR) is 106 cm³/mol. The fraction of sp³-hybridized carbons (Fsp3) is 0.238. The standard InChI is InChI=1S/C21H20BrNO4/c1-12-3-5-15(6-4-12)19(25)17-18(14-7-9-16(22)10-8-14)23(11-13(2)24)21(27)20(17)26/h3-10,13,18,24-25H,11H2,1-2H3/t13-,18-/m0/s1. The number of Topliss-reactive ketones (excluding diaryl/α,β-unsaturated/α-hetero) is 1. The summed E-state index contributed by atoms with van der Waals surface area (Å²) in [4.78, 5) is 26.6. The Labute approximate surface area is 166 Å². The van der Waals surface area contributed by atoms with E-state index in [1.807, 2.05) is 31.2 Å². The van der Waals surface area contributed by atoms with Crippen molar-refractivity contribution in [3.8, 4) is 0 Å². The zero-order valence-corrected chi connectivity index (χ0v) is 16.6. The third kappa shape index (κ3) is 3.82. The van der Waals surface area contributed by atoms with Crippen LogP contribution >= 0.6 is 15.9 Å². The first-order valence-electron chi connectivity index (χ1n) is 8.58. The van der Waals surface area contributed by atoms with Gasteiger partial charge in [-0.15, -0.1) is 0 Å². The van der Waals surface area contributed by atoms with Crippen molar-refractivity contribution in [2.45, 2.75) is 26.0 Å². The summed E-state index contributed by atoms with van der Waals surface area (Å²) in [6.07, 6.45) is -0.805. The van der Waals surface area contributed by atoms with E-state index in [2.05, 4.69) is 15.9 Å². The normalized spacial score (nSPS) is 20.1. The summed E-state index contributed by atoms with van der Waals surface area (Å²) in [7, 11) is 0. The van der Waals surface area contributed by atoms with Crippen molar-refractivity contribution in [1.82, 2.24) is 4.90 Å². The van der Waals surface area contributed by atoms with E-state index in [-0.39, 0.29) is 17.9 Å². The minimum atomic E-state index is -0.805. The Morgan fingerprint density at radius 3 is 2.26 bits per heavy atom. The maximum atomic E-state index is 12.7. The molecule has 3 rings (SSSR count). The highest BCUT2D eigenvalue weighted by Crippen LogP contribution is 2.39. The second-order valence-corrected chi connectivity index (χ2v) is 7.63. The van der Waals surface area contributed by atoms with Crippen LogP contribution < -0.4 is 0 Å². The molecule has 2 atom stereocenters. The number of benzene rings is 2. The molecule has 1 fully saturated rings. The van der Waals surface area contributed by atoms with Gasteiger partial charge in [0.1, 0.15) is 5.76 Å². The van der Waals surface area contributed by atoms with Gasteiger partial charge in [0, 0.05) is 16.6 Å². The van der Waals surface area contributed by atoms with E-state index >= 15 is 0 Å². The number of amides is 1. The Morgan fingerprint density at radius 1 is 1.11 bits per heavy atom. The van der Waals surface area contributed by atoms with Gasteiger partial charge in [-0.1, -0.05) is 57.9 Å². The van der Waals surface area contributed by atoms with Crippen molar-refractivity contribution in [2.75, 3.05) is 6.54 Å². The summed E-state index contributed by atoms with van der Waals surface area (Å²) in [5, 5.41) is 20.7. The van der Waals surface area contributed by atoms with Crippen molar-refractivity contribution in [2.24, 2.45) is 0 Å². The number of carbonyl (C=O) groups is 2. The smallest absolute Gasteiger partial charge is 0.295 e. The molecule has 27 heavy (non-hydrogen) atoms. The zero-order valence-electron chi connectivity index (χ0n) is 15.0. The van der Waals surface area contributed by atoms with Crippen LogP contribution in [0.2, 0.25) is 0 Å². The molecule has 2 N–H and O–H groups in total. The third-order valence-electron chi connectivity index (χ3n) is 4.51. The minimum Gasteiger partial charge on any atom is -0.507 e. The third-order valence-corrected chi connectivity index (χ3v) is 5.04. The molecule has 140 valence electrons. The first-order valence-corrected chi connectivity index (χ1v) is 9.38. The quantitative estimate of drug-likeness (QED) is 0.442. The average molecular weight is 430 g/mol. The lowest BCUT2D eigenvalue weighted by Crippen LogP contribution is -2.35. The Balaban J connectivity index is 2.17. The van der Waals surface area contributed by atoms with Crippen LogP contribution in [0, 0.1) is 6.92 Å². The van der Waals surface area contributed by atoms with E-state index in [0.717, 1.165) is 10.0 Å². The Bertz CT molecular complexity index is 901. The topological polar surface area (TPSA) is 77.8 Å². The summed E-state index contributed by atoms with van der Waals surface area (Å²) in [6.45, 7) is 3.47. The maximum absolute atomic E-state index is 12.7. The molecule has 2 aromatic rings. The number of hydrogen-bond donors (Lipinski definition) is 2. The second kappa shape index (κ2) is 7.66. The molecule has 2 aromatic carbocycles. The lowest BCUT2D eigenvalue weighted by atomic mass is 9.95. The molecule has 1 heterocycles. The summed E-state index contributed by atoms with van der Waals surface area (Å²) >= 11 is 3.37. The van der Waals surface area contributed by atoms with Crippen molar-refractivity contribution in [3.05, 3.63) is 75.3 Å². The number of carbonyl (C=O) groups excluding carboxylic acids is 2. The molecule has 6 heteroatoms. The number of ketones is 1. The number of aryl methyl sites for hydroxylation is 1. The molecule has 5 nitrogen and oxygen atoms in total. The van der Waals surface area contributed by atoms with Crippen LogP contribution in [0.5, 0.6) is 0 Å². The van der Waals surface area contributed by atoms with Crippen molar-refractivity contribution < 1.29 is 19.8 Å². The van der Waals surface area contributed by atoms with Gasteiger partial charge in [-0.2, -0.15) is 0 Å². The first-order chi connectivity index (χ1) is 12.8. The van der Waals surface area contributed by atoms with Gasteiger partial charge in [0.25, 0.3) is 11.7 Å². The fourth-order valence-electron chi connectivity index (χ4n) is 3.21. The van der Waals surface area contributed by atoms with Crippen LogP contribution in [-0.2, 0) is 9.59 Å². The van der Waals surface area contributed by atoms with E-state index in [0.29, 0.717) is 11.1 Å². The monoisotopic (exact) mass is 429 g/mol. The van der Waals surface area contributed by atoms with Gasteiger partial charge < -0.3 is 15.1 Å².